The Hall–Kier alpha value is -0.240. The van der Waals surface area contributed by atoms with Crippen LogP contribution in [0.2, 0.25) is 0 Å². The average Bonchev–Trinajstić information content (AvgIpc) is 2.13. The van der Waals surface area contributed by atoms with Gasteiger partial charge in [0.1, 0.15) is 5.38 Å². The molecule has 0 aromatic heterocycles. The van der Waals surface area contributed by atoms with E-state index in [4.69, 9.17) is 11.6 Å². The molecule has 0 unspecified atom stereocenters. The van der Waals surface area contributed by atoms with Crippen molar-refractivity contribution >= 4 is 17.5 Å². The second-order valence-corrected chi connectivity index (χ2v) is 5.43. The Bertz CT molecular complexity index is 182. The Kier molecular flexibility index (Phi) is 6.99. The molecule has 90 valence electrons. The molecule has 0 bridgehead atoms. The quantitative estimate of drug-likeness (QED) is 0.646. The van der Waals surface area contributed by atoms with E-state index >= 15 is 0 Å². The van der Waals surface area contributed by atoms with Crippen LogP contribution < -0.4 is 0 Å². The zero-order chi connectivity index (χ0) is 12.0. The van der Waals surface area contributed by atoms with Gasteiger partial charge in [-0.05, 0) is 18.3 Å². The van der Waals surface area contributed by atoms with E-state index in [0.717, 1.165) is 13.1 Å². The number of nitrogens with zero attached hydrogens (tertiary/aromatic N) is 1. The highest BCUT2D eigenvalue weighted by Gasteiger charge is 2.21. The van der Waals surface area contributed by atoms with Gasteiger partial charge in [0.05, 0.1) is 0 Å². The Balaban J connectivity index is 4.40. The normalized spacial score (nSPS) is 13.3. The molecule has 0 aromatic rings. The molecule has 0 aliphatic heterocycles. The summed E-state index contributed by atoms with van der Waals surface area (Å²) in [6.45, 7) is 12.0. The molecule has 0 radical (unpaired) electrons. The van der Waals surface area contributed by atoms with Crippen molar-refractivity contribution < 1.29 is 4.79 Å². The van der Waals surface area contributed by atoms with E-state index in [2.05, 4.69) is 27.7 Å². The molecule has 1 amide bonds. The second kappa shape index (κ2) is 7.10. The number of rotatable bonds is 6. The molecule has 0 N–H and O–H groups in total. The summed E-state index contributed by atoms with van der Waals surface area (Å²) in [5, 5.41) is -0.359. The van der Waals surface area contributed by atoms with Gasteiger partial charge in [0.25, 0.3) is 0 Å². The fourth-order valence-electron chi connectivity index (χ4n) is 1.51. The van der Waals surface area contributed by atoms with Crippen molar-refractivity contribution in [2.75, 3.05) is 13.1 Å². The summed E-state index contributed by atoms with van der Waals surface area (Å²) in [5.41, 5.74) is 0. The van der Waals surface area contributed by atoms with Crippen LogP contribution in [0.3, 0.4) is 0 Å². The molecule has 0 rings (SSSR count). The van der Waals surface area contributed by atoms with Crippen molar-refractivity contribution in [3.05, 3.63) is 0 Å². The SMILES string of the molecule is CC[C@@H](Cl)C(=O)N(CC(C)C)CC(C)C. The predicted octanol–water partition coefficient (Wildman–Crippen LogP) is 3.14. The molecule has 0 spiro atoms. The zero-order valence-corrected chi connectivity index (χ0v) is 11.3. The third-order valence-electron chi connectivity index (χ3n) is 2.11. The van der Waals surface area contributed by atoms with Crippen molar-refractivity contribution in [3.8, 4) is 0 Å². The Labute approximate surface area is 99.0 Å². The third-order valence-corrected chi connectivity index (χ3v) is 2.60. The van der Waals surface area contributed by atoms with Crippen molar-refractivity contribution in [1.82, 2.24) is 4.90 Å². The van der Waals surface area contributed by atoms with Crippen LogP contribution in [-0.4, -0.2) is 29.3 Å². The minimum Gasteiger partial charge on any atom is -0.341 e. The lowest BCUT2D eigenvalue weighted by atomic mass is 10.1. The van der Waals surface area contributed by atoms with Gasteiger partial charge in [-0.25, -0.2) is 0 Å². The zero-order valence-electron chi connectivity index (χ0n) is 10.6. The van der Waals surface area contributed by atoms with Gasteiger partial charge in [-0.1, -0.05) is 34.6 Å². The first kappa shape index (κ1) is 14.8. The maximum Gasteiger partial charge on any atom is 0.240 e. The molecular weight excluding hydrogens is 210 g/mol. The molecule has 0 aliphatic carbocycles. The highest BCUT2D eigenvalue weighted by Crippen LogP contribution is 2.11. The molecule has 0 fully saturated rings. The lowest BCUT2D eigenvalue weighted by molar-refractivity contribution is -0.131. The van der Waals surface area contributed by atoms with E-state index in [0.29, 0.717) is 18.3 Å². The molecule has 0 aromatic carbocycles. The van der Waals surface area contributed by atoms with Gasteiger partial charge in [0, 0.05) is 13.1 Å². The number of alkyl halides is 1. The Morgan fingerprint density at radius 1 is 1.13 bits per heavy atom. The summed E-state index contributed by atoms with van der Waals surface area (Å²) in [7, 11) is 0. The van der Waals surface area contributed by atoms with Crippen LogP contribution in [0.4, 0.5) is 0 Å². The molecule has 15 heavy (non-hydrogen) atoms. The summed E-state index contributed by atoms with van der Waals surface area (Å²) in [4.78, 5) is 13.8. The van der Waals surface area contributed by atoms with E-state index < -0.39 is 0 Å². The van der Waals surface area contributed by atoms with Crippen molar-refractivity contribution in [1.29, 1.82) is 0 Å². The summed E-state index contributed by atoms with van der Waals surface area (Å²) < 4.78 is 0. The molecule has 3 heteroatoms. The molecule has 0 saturated carbocycles. The molecule has 0 heterocycles. The molecule has 0 aliphatic rings. The number of hydrogen-bond acceptors (Lipinski definition) is 1. The minimum absolute atomic E-state index is 0.0848. The van der Waals surface area contributed by atoms with Crippen LogP contribution in [0, 0.1) is 11.8 Å². The van der Waals surface area contributed by atoms with E-state index in [1.165, 1.54) is 0 Å². The fraction of sp³-hybridized carbons (Fsp3) is 0.917. The number of amides is 1. The van der Waals surface area contributed by atoms with Gasteiger partial charge in [0.15, 0.2) is 0 Å². The minimum atomic E-state index is -0.359. The first-order valence-corrected chi connectivity index (χ1v) is 6.24. The number of halogens is 1. The topological polar surface area (TPSA) is 20.3 Å². The van der Waals surface area contributed by atoms with Crippen LogP contribution in [0.5, 0.6) is 0 Å². The highest BCUT2D eigenvalue weighted by atomic mass is 35.5. The fourth-order valence-corrected chi connectivity index (χ4v) is 1.65. The smallest absolute Gasteiger partial charge is 0.240 e. The van der Waals surface area contributed by atoms with E-state index in [9.17, 15) is 4.79 Å². The predicted molar refractivity (Wildman–Crippen MR) is 66.2 cm³/mol. The van der Waals surface area contributed by atoms with Gasteiger partial charge in [0.2, 0.25) is 5.91 Å². The standard InChI is InChI=1S/C12H24ClNO/c1-6-11(13)12(15)14(7-9(2)3)8-10(4)5/h9-11H,6-8H2,1-5H3/t11-/m1/s1. The third kappa shape index (κ3) is 6.03. The first-order valence-electron chi connectivity index (χ1n) is 5.81. The Morgan fingerprint density at radius 3 is 1.80 bits per heavy atom. The van der Waals surface area contributed by atoms with Crippen LogP contribution >= 0.6 is 11.6 Å². The summed E-state index contributed by atoms with van der Waals surface area (Å²) in [6.07, 6.45) is 0.701. The van der Waals surface area contributed by atoms with E-state index in [1.54, 1.807) is 0 Å². The van der Waals surface area contributed by atoms with Gasteiger partial charge in [-0.3, -0.25) is 4.79 Å². The number of carbonyl (C=O) groups is 1. The van der Waals surface area contributed by atoms with Gasteiger partial charge >= 0.3 is 0 Å². The highest BCUT2D eigenvalue weighted by molar-refractivity contribution is 6.30. The monoisotopic (exact) mass is 233 g/mol. The maximum absolute atomic E-state index is 11.9. The van der Waals surface area contributed by atoms with Gasteiger partial charge in [-0.15, -0.1) is 11.6 Å². The average molecular weight is 234 g/mol. The summed E-state index contributed by atoms with van der Waals surface area (Å²) >= 11 is 5.99. The molecule has 0 saturated heterocycles. The van der Waals surface area contributed by atoms with E-state index in [-0.39, 0.29) is 11.3 Å². The maximum atomic E-state index is 11.9. The Morgan fingerprint density at radius 2 is 1.53 bits per heavy atom. The molecular formula is C12H24ClNO. The lowest BCUT2D eigenvalue weighted by Crippen LogP contribution is -2.41. The van der Waals surface area contributed by atoms with Crippen LogP contribution in [-0.2, 0) is 4.79 Å². The second-order valence-electron chi connectivity index (χ2n) is 4.91. The van der Waals surface area contributed by atoms with Crippen molar-refractivity contribution in [2.24, 2.45) is 11.8 Å². The molecule has 1 atom stereocenters. The first-order chi connectivity index (χ1) is 6.88. The van der Waals surface area contributed by atoms with Gasteiger partial charge < -0.3 is 4.90 Å². The number of hydrogen-bond donors (Lipinski definition) is 0. The lowest BCUT2D eigenvalue weighted by Gasteiger charge is -2.28. The summed E-state index contributed by atoms with van der Waals surface area (Å²) in [5.74, 6) is 1.07. The van der Waals surface area contributed by atoms with Crippen molar-refractivity contribution in [2.45, 2.75) is 46.4 Å². The largest absolute Gasteiger partial charge is 0.341 e. The van der Waals surface area contributed by atoms with E-state index in [1.807, 2.05) is 11.8 Å². The molecule has 2 nitrogen and oxygen atoms in total. The van der Waals surface area contributed by atoms with Crippen LogP contribution in [0.25, 0.3) is 0 Å². The van der Waals surface area contributed by atoms with Gasteiger partial charge in [-0.2, -0.15) is 0 Å². The van der Waals surface area contributed by atoms with Crippen LogP contribution in [0.1, 0.15) is 41.0 Å². The van der Waals surface area contributed by atoms with Crippen LogP contribution in [0.15, 0.2) is 0 Å². The summed E-state index contributed by atoms with van der Waals surface area (Å²) in [6, 6.07) is 0. The number of carbonyl (C=O) groups excluding carboxylic acids is 1. The van der Waals surface area contributed by atoms with Crippen molar-refractivity contribution in [3.63, 3.8) is 0 Å².